The van der Waals surface area contributed by atoms with Gasteiger partial charge in [-0.1, -0.05) is 164 Å². The maximum absolute atomic E-state index is 5.22. The Balaban J connectivity index is 1.09. The van der Waals surface area contributed by atoms with E-state index < -0.39 is 0 Å². The number of hydrogen-bond donors (Lipinski definition) is 0. The fourth-order valence-corrected chi connectivity index (χ4v) is 9.62. The molecule has 0 saturated carbocycles. The first-order valence-corrected chi connectivity index (χ1v) is 19.7. The van der Waals surface area contributed by atoms with Gasteiger partial charge in [0.15, 0.2) is 5.82 Å². The Bertz CT molecular complexity index is 3180. The lowest BCUT2D eigenvalue weighted by Gasteiger charge is -2.13. The van der Waals surface area contributed by atoms with Gasteiger partial charge in [-0.15, -0.1) is 11.3 Å². The Morgan fingerprint density at radius 2 is 0.893 bits per heavy atom. The summed E-state index contributed by atoms with van der Waals surface area (Å²) in [4.78, 5) is 10.3. The van der Waals surface area contributed by atoms with Gasteiger partial charge in [0.25, 0.3) is 0 Å². The van der Waals surface area contributed by atoms with Crippen molar-refractivity contribution in [3.05, 3.63) is 200 Å². The zero-order valence-electron chi connectivity index (χ0n) is 30.3. The van der Waals surface area contributed by atoms with Crippen molar-refractivity contribution >= 4 is 53.3 Å². The van der Waals surface area contributed by atoms with Gasteiger partial charge in [-0.3, -0.25) is 0 Å². The van der Waals surface area contributed by atoms with E-state index in [1.807, 2.05) is 35.6 Å². The van der Waals surface area contributed by atoms with E-state index in [0.717, 1.165) is 33.6 Å². The highest BCUT2D eigenvalue weighted by atomic mass is 32.1. The van der Waals surface area contributed by atoms with Crippen LogP contribution in [0.5, 0.6) is 0 Å². The van der Waals surface area contributed by atoms with Crippen molar-refractivity contribution in [2.24, 2.45) is 0 Å². The lowest BCUT2D eigenvalue weighted by molar-refractivity contribution is 1.18. The third kappa shape index (κ3) is 5.34. The van der Waals surface area contributed by atoms with Gasteiger partial charge in [-0.2, -0.15) is 0 Å². The number of rotatable bonds is 6. The summed E-state index contributed by atoms with van der Waals surface area (Å²) < 4.78 is 4.93. The molecular weight excluding hydrogens is 699 g/mol. The van der Waals surface area contributed by atoms with Crippen LogP contribution in [-0.4, -0.2) is 14.5 Å². The summed E-state index contributed by atoms with van der Waals surface area (Å²) in [6.07, 6.45) is 0. The molecule has 262 valence electrons. The molecule has 0 atom stereocenters. The first-order chi connectivity index (χ1) is 27.8. The van der Waals surface area contributed by atoms with E-state index in [9.17, 15) is 0 Å². The lowest BCUT2D eigenvalue weighted by atomic mass is 9.95. The third-order valence-corrected chi connectivity index (χ3v) is 12.1. The second-order valence-electron chi connectivity index (χ2n) is 14.1. The first-order valence-electron chi connectivity index (χ1n) is 18.9. The second kappa shape index (κ2) is 13.3. The van der Waals surface area contributed by atoms with Crippen molar-refractivity contribution in [3.8, 4) is 61.8 Å². The zero-order valence-corrected chi connectivity index (χ0v) is 31.1. The molecule has 3 nitrogen and oxygen atoms in total. The van der Waals surface area contributed by atoms with Gasteiger partial charge < -0.3 is 4.57 Å². The van der Waals surface area contributed by atoms with Crippen LogP contribution in [0.2, 0.25) is 0 Å². The number of hydrogen-bond acceptors (Lipinski definition) is 3. The van der Waals surface area contributed by atoms with E-state index in [-0.39, 0.29) is 0 Å². The Kier molecular flexibility index (Phi) is 7.68. The topological polar surface area (TPSA) is 30.7 Å². The molecule has 3 aromatic heterocycles. The van der Waals surface area contributed by atoms with Crippen molar-refractivity contribution in [1.82, 2.24) is 14.5 Å². The van der Waals surface area contributed by atoms with Crippen LogP contribution in [0.15, 0.2) is 200 Å². The molecule has 56 heavy (non-hydrogen) atoms. The molecule has 11 aromatic rings. The summed E-state index contributed by atoms with van der Waals surface area (Å²) in [5, 5.41) is 5.04. The van der Waals surface area contributed by atoms with Gasteiger partial charge in [-0.25, -0.2) is 9.97 Å². The molecule has 0 aliphatic carbocycles. The van der Waals surface area contributed by atoms with Gasteiger partial charge in [0, 0.05) is 58.9 Å². The largest absolute Gasteiger partial charge is 0.309 e. The van der Waals surface area contributed by atoms with Crippen molar-refractivity contribution < 1.29 is 0 Å². The summed E-state index contributed by atoms with van der Waals surface area (Å²) in [6.45, 7) is 0. The zero-order chi connectivity index (χ0) is 37.0. The number of nitrogens with zero attached hydrogens (tertiary/aromatic N) is 3. The molecule has 4 heteroatoms. The molecule has 0 aliphatic rings. The molecule has 0 amide bonds. The first kappa shape index (κ1) is 32.3. The maximum atomic E-state index is 5.22. The van der Waals surface area contributed by atoms with Gasteiger partial charge in [0.1, 0.15) is 0 Å². The molecule has 0 fully saturated rings. The summed E-state index contributed by atoms with van der Waals surface area (Å²) in [5.41, 5.74) is 13.3. The Morgan fingerprint density at radius 1 is 0.339 bits per heavy atom. The summed E-state index contributed by atoms with van der Waals surface area (Å²) >= 11 is 1.88. The van der Waals surface area contributed by atoms with Crippen LogP contribution in [0.3, 0.4) is 0 Å². The number of benzene rings is 8. The summed E-state index contributed by atoms with van der Waals surface area (Å²) in [6, 6.07) is 71.3. The van der Waals surface area contributed by atoms with Gasteiger partial charge in [-0.05, 0) is 53.1 Å². The molecule has 0 aliphatic heterocycles. The number of para-hydroxylation sites is 2. The minimum absolute atomic E-state index is 0.713. The SMILES string of the molecule is c1ccc(-c2cc(-c3ccccc3-c3cccc4c3sc3c(-c5ccc6c(c5)c5ccccc5n6-c5ccccc5)cccc34)nc(-c3ccccc3)n2)cc1. The maximum Gasteiger partial charge on any atom is 0.160 e. The van der Waals surface area contributed by atoms with Crippen LogP contribution in [0.25, 0.3) is 104 Å². The van der Waals surface area contributed by atoms with Gasteiger partial charge >= 0.3 is 0 Å². The Hall–Kier alpha value is -7.14. The lowest BCUT2D eigenvalue weighted by Crippen LogP contribution is -1.97. The van der Waals surface area contributed by atoms with E-state index in [0.29, 0.717) is 5.82 Å². The van der Waals surface area contributed by atoms with Crippen LogP contribution < -0.4 is 0 Å². The van der Waals surface area contributed by atoms with Gasteiger partial charge in [0.2, 0.25) is 0 Å². The molecule has 0 saturated heterocycles. The molecule has 0 unspecified atom stereocenters. The predicted molar refractivity (Wildman–Crippen MR) is 236 cm³/mol. The molecule has 0 radical (unpaired) electrons. The minimum atomic E-state index is 0.713. The van der Waals surface area contributed by atoms with Crippen LogP contribution in [0.4, 0.5) is 0 Å². The molecule has 0 spiro atoms. The fourth-order valence-electron chi connectivity index (χ4n) is 8.25. The number of thiophene rings is 1. The second-order valence-corrected chi connectivity index (χ2v) is 15.1. The van der Waals surface area contributed by atoms with Crippen molar-refractivity contribution in [3.63, 3.8) is 0 Å². The third-order valence-electron chi connectivity index (χ3n) is 10.8. The van der Waals surface area contributed by atoms with E-state index in [4.69, 9.17) is 9.97 Å². The van der Waals surface area contributed by atoms with Gasteiger partial charge in [0.05, 0.1) is 22.4 Å². The molecule has 8 aromatic carbocycles. The number of aromatic nitrogens is 3. The standard InChI is InChI=1S/C52H33N3S/c1-4-16-34(17-5-1)46-33-47(54-52(53-46)35-18-6-2-7-19-35)40-23-11-10-22-39(40)42-26-15-28-44-43-27-14-25-38(50(43)56-51(42)44)36-30-31-49-45(32-36)41-24-12-13-29-48(41)55(49)37-20-8-3-9-21-37/h1-33H. The summed E-state index contributed by atoms with van der Waals surface area (Å²) in [7, 11) is 0. The minimum Gasteiger partial charge on any atom is -0.309 e. The normalized spacial score (nSPS) is 11.6. The molecule has 0 bridgehead atoms. The highest BCUT2D eigenvalue weighted by Gasteiger charge is 2.19. The highest BCUT2D eigenvalue weighted by Crippen LogP contribution is 2.46. The molecule has 11 rings (SSSR count). The van der Waals surface area contributed by atoms with E-state index in [1.165, 1.54) is 64.4 Å². The highest BCUT2D eigenvalue weighted by molar-refractivity contribution is 7.26. The van der Waals surface area contributed by atoms with Crippen LogP contribution in [0.1, 0.15) is 0 Å². The Labute approximate surface area is 328 Å². The quantitative estimate of drug-likeness (QED) is 0.170. The fraction of sp³-hybridized carbons (Fsp3) is 0. The van der Waals surface area contributed by atoms with Crippen LogP contribution >= 0.6 is 11.3 Å². The van der Waals surface area contributed by atoms with Crippen molar-refractivity contribution in [2.75, 3.05) is 0 Å². The summed E-state index contributed by atoms with van der Waals surface area (Å²) in [5.74, 6) is 0.713. The van der Waals surface area contributed by atoms with E-state index >= 15 is 0 Å². The average Bonchev–Trinajstić information content (AvgIpc) is 3.83. The average molecular weight is 732 g/mol. The van der Waals surface area contributed by atoms with E-state index in [2.05, 4.69) is 180 Å². The molecule has 3 heterocycles. The molecule has 0 N–H and O–H groups in total. The number of fused-ring (bicyclic) bond motifs is 6. The van der Waals surface area contributed by atoms with Crippen molar-refractivity contribution in [2.45, 2.75) is 0 Å². The van der Waals surface area contributed by atoms with Crippen LogP contribution in [-0.2, 0) is 0 Å². The van der Waals surface area contributed by atoms with Crippen molar-refractivity contribution in [1.29, 1.82) is 0 Å². The Morgan fingerprint density at radius 3 is 1.66 bits per heavy atom. The van der Waals surface area contributed by atoms with E-state index in [1.54, 1.807) is 0 Å². The predicted octanol–water partition coefficient (Wildman–Crippen LogP) is 14.3. The van der Waals surface area contributed by atoms with Crippen LogP contribution in [0, 0.1) is 0 Å². The smallest absolute Gasteiger partial charge is 0.160 e. The molecular formula is C52H33N3S. The monoisotopic (exact) mass is 731 g/mol.